The highest BCUT2D eigenvalue weighted by Crippen LogP contribution is 2.45. The van der Waals surface area contributed by atoms with Crippen LogP contribution in [0.4, 0.5) is 0 Å². The fraction of sp³-hybridized carbons (Fsp3) is 0.750. The second-order valence-corrected chi connectivity index (χ2v) is 11.6. The average molecular weight is 395 g/mol. The van der Waals surface area contributed by atoms with Gasteiger partial charge >= 0.3 is 8.80 Å². The second kappa shape index (κ2) is 9.00. The molecule has 0 bridgehead atoms. The lowest BCUT2D eigenvalue weighted by Crippen LogP contribution is -2.56. The maximum absolute atomic E-state index is 12.6. The van der Waals surface area contributed by atoms with Crippen LogP contribution in [0.5, 0.6) is 0 Å². The molecule has 0 saturated carbocycles. The third-order valence-electron chi connectivity index (χ3n) is 4.08. The lowest BCUT2D eigenvalue weighted by atomic mass is 9.79. The van der Waals surface area contributed by atoms with E-state index in [9.17, 15) is 8.42 Å². The van der Waals surface area contributed by atoms with Crippen molar-refractivity contribution in [3.05, 3.63) is 23.4 Å². The van der Waals surface area contributed by atoms with Gasteiger partial charge in [0, 0.05) is 30.4 Å². The molecular formula is C16H30O5S2Si. The molecule has 140 valence electrons. The zero-order valence-electron chi connectivity index (χ0n) is 15.2. The molecule has 8 heteroatoms. The van der Waals surface area contributed by atoms with E-state index in [2.05, 4.69) is 11.7 Å². The van der Waals surface area contributed by atoms with Gasteiger partial charge in [0.15, 0.2) is 0 Å². The van der Waals surface area contributed by atoms with Crippen LogP contribution in [0.1, 0.15) is 47.5 Å². The summed E-state index contributed by atoms with van der Waals surface area (Å²) in [6.07, 6.45) is 7.20. The predicted molar refractivity (Wildman–Crippen MR) is 103 cm³/mol. The Morgan fingerprint density at radius 3 is 2.00 bits per heavy atom. The van der Waals surface area contributed by atoms with E-state index in [1.54, 1.807) is 6.08 Å². The summed E-state index contributed by atoms with van der Waals surface area (Å²) in [4.78, 5) is 0. The van der Waals surface area contributed by atoms with Crippen molar-refractivity contribution in [1.29, 1.82) is 0 Å². The first-order valence-corrected chi connectivity index (χ1v) is 12.8. The van der Waals surface area contributed by atoms with Gasteiger partial charge in [0.1, 0.15) is 5.25 Å². The van der Waals surface area contributed by atoms with Gasteiger partial charge in [-0.3, -0.25) is 0 Å². The van der Waals surface area contributed by atoms with Crippen LogP contribution in [0.15, 0.2) is 23.4 Å². The van der Waals surface area contributed by atoms with Gasteiger partial charge in [-0.05, 0) is 38.9 Å². The van der Waals surface area contributed by atoms with Crippen molar-refractivity contribution in [3.63, 3.8) is 0 Å². The molecule has 0 aliphatic heterocycles. The standard InChI is InChI=1S/C16H30O5S2Si/c1-6-12-16(5)13-10-11-14(15(16)23(17,18)22)24(19-7-2,20-8-3)21-9-4/h10-11,13,15H,6-9,12H2,1-5H3,(H,17,18,22). The monoisotopic (exact) mass is 394 g/mol. The minimum absolute atomic E-state index is 0.386. The molecule has 2 unspecified atom stereocenters. The molecule has 0 aromatic rings. The fourth-order valence-electron chi connectivity index (χ4n) is 3.36. The molecule has 0 spiro atoms. The Kier molecular flexibility index (Phi) is 8.22. The van der Waals surface area contributed by atoms with Gasteiger partial charge in [0.05, 0.1) is 0 Å². The van der Waals surface area contributed by atoms with Crippen LogP contribution < -0.4 is 0 Å². The smallest absolute Gasteiger partial charge is 0.370 e. The van der Waals surface area contributed by atoms with Gasteiger partial charge in [-0.1, -0.05) is 38.5 Å². The summed E-state index contributed by atoms with van der Waals surface area (Å²) in [7, 11) is -6.98. The van der Waals surface area contributed by atoms with Crippen molar-refractivity contribution in [1.82, 2.24) is 0 Å². The molecular weight excluding hydrogens is 364 g/mol. The summed E-state index contributed by atoms with van der Waals surface area (Å²) in [6.45, 7) is 10.7. The Hall–Kier alpha value is -0.123. The fourth-order valence-corrected chi connectivity index (χ4v) is 9.74. The number of thiol groups is 1. The van der Waals surface area contributed by atoms with Crippen LogP contribution >= 0.6 is 11.7 Å². The highest BCUT2D eigenvalue weighted by Gasteiger charge is 2.56. The van der Waals surface area contributed by atoms with E-state index >= 15 is 0 Å². The Labute approximate surface area is 152 Å². The van der Waals surface area contributed by atoms with Crippen molar-refractivity contribution < 1.29 is 21.7 Å². The minimum atomic E-state index is -3.67. The molecule has 1 aliphatic carbocycles. The normalized spacial score (nSPS) is 24.9. The highest BCUT2D eigenvalue weighted by atomic mass is 33.1. The van der Waals surface area contributed by atoms with Gasteiger partial charge in [-0.2, -0.15) is 0 Å². The van der Waals surface area contributed by atoms with Crippen molar-refractivity contribution in [3.8, 4) is 0 Å². The van der Waals surface area contributed by atoms with E-state index in [1.807, 2.05) is 46.8 Å². The quantitative estimate of drug-likeness (QED) is 0.349. The molecule has 0 fully saturated rings. The largest absolute Gasteiger partial charge is 0.534 e. The summed E-state index contributed by atoms with van der Waals surface area (Å²) < 4.78 is 43.0. The minimum Gasteiger partial charge on any atom is -0.370 e. The van der Waals surface area contributed by atoms with Crippen molar-refractivity contribution >= 4 is 29.3 Å². The Bertz CT molecular complexity index is 556. The molecule has 24 heavy (non-hydrogen) atoms. The highest BCUT2D eigenvalue weighted by molar-refractivity contribution is 8.63. The molecule has 0 amide bonds. The Balaban J connectivity index is 3.53. The summed E-state index contributed by atoms with van der Waals surface area (Å²) in [5, 5.41) is -0.240. The van der Waals surface area contributed by atoms with Crippen LogP contribution in [0, 0.1) is 5.41 Å². The first-order valence-electron chi connectivity index (χ1n) is 8.48. The predicted octanol–water partition coefficient (Wildman–Crippen LogP) is 3.50. The van der Waals surface area contributed by atoms with Crippen molar-refractivity contribution in [2.75, 3.05) is 19.8 Å². The zero-order chi connectivity index (χ0) is 18.4. The summed E-state index contributed by atoms with van der Waals surface area (Å²) in [6, 6.07) is 0. The van der Waals surface area contributed by atoms with E-state index in [4.69, 9.17) is 13.3 Å². The van der Waals surface area contributed by atoms with Crippen LogP contribution in [0.3, 0.4) is 0 Å². The molecule has 0 saturated heterocycles. The van der Waals surface area contributed by atoms with E-state index in [0.29, 0.717) is 25.0 Å². The van der Waals surface area contributed by atoms with E-state index < -0.39 is 28.3 Å². The van der Waals surface area contributed by atoms with Crippen molar-refractivity contribution in [2.45, 2.75) is 52.7 Å². The third-order valence-corrected chi connectivity index (χ3v) is 9.48. The number of hydrogen-bond acceptors (Lipinski definition) is 5. The summed E-state index contributed by atoms with van der Waals surface area (Å²) >= 11 is 3.95. The van der Waals surface area contributed by atoms with Crippen LogP contribution in [0.2, 0.25) is 0 Å². The number of allylic oxidation sites excluding steroid dienone is 3. The van der Waals surface area contributed by atoms with Gasteiger partial charge in [-0.25, -0.2) is 8.42 Å². The summed E-state index contributed by atoms with van der Waals surface area (Å²) in [5.41, 5.74) is -0.566. The average Bonchev–Trinajstić information content (AvgIpc) is 2.46. The topological polar surface area (TPSA) is 61.8 Å². The molecule has 0 aromatic heterocycles. The maximum Gasteiger partial charge on any atom is 0.534 e. The van der Waals surface area contributed by atoms with E-state index in [1.165, 1.54) is 0 Å². The SMILES string of the molecule is CCCC1(C)C=CC=C([Si](OCC)(OCC)OCC)C1S(=O)(=O)S. The number of rotatable bonds is 10. The van der Waals surface area contributed by atoms with Crippen LogP contribution in [-0.2, 0) is 22.1 Å². The first kappa shape index (κ1) is 21.9. The molecule has 0 radical (unpaired) electrons. The second-order valence-electron chi connectivity index (χ2n) is 5.99. The molecule has 0 aromatic carbocycles. The lowest BCUT2D eigenvalue weighted by Gasteiger charge is -2.42. The van der Waals surface area contributed by atoms with Crippen LogP contribution in [0.25, 0.3) is 0 Å². The summed E-state index contributed by atoms with van der Waals surface area (Å²) in [5.74, 6) is 0. The lowest BCUT2D eigenvalue weighted by molar-refractivity contribution is 0.0783. The van der Waals surface area contributed by atoms with E-state index in [-0.39, 0.29) is 0 Å². The Morgan fingerprint density at radius 2 is 1.62 bits per heavy atom. The van der Waals surface area contributed by atoms with Gasteiger partial charge in [0.2, 0.25) is 8.87 Å². The third kappa shape index (κ3) is 4.73. The van der Waals surface area contributed by atoms with Crippen LogP contribution in [-0.4, -0.2) is 42.3 Å². The molecule has 1 rings (SSSR count). The first-order chi connectivity index (χ1) is 11.2. The maximum atomic E-state index is 12.6. The number of hydrogen-bond donors (Lipinski definition) is 1. The van der Waals surface area contributed by atoms with Crippen molar-refractivity contribution in [2.24, 2.45) is 5.41 Å². The molecule has 1 aliphatic rings. The van der Waals surface area contributed by atoms with Gasteiger partial charge < -0.3 is 13.3 Å². The zero-order valence-corrected chi connectivity index (χ0v) is 18.0. The molecule has 0 N–H and O–H groups in total. The molecule has 2 atom stereocenters. The Morgan fingerprint density at radius 1 is 1.12 bits per heavy atom. The molecule has 5 nitrogen and oxygen atoms in total. The van der Waals surface area contributed by atoms with E-state index in [0.717, 1.165) is 12.8 Å². The molecule has 0 heterocycles. The van der Waals surface area contributed by atoms with Gasteiger partial charge in [-0.15, -0.1) is 0 Å². The van der Waals surface area contributed by atoms with Gasteiger partial charge in [0.25, 0.3) is 0 Å².